The van der Waals surface area contributed by atoms with E-state index in [1.165, 1.54) is 30.3 Å². The summed E-state index contributed by atoms with van der Waals surface area (Å²) in [6, 6.07) is 18.1. The minimum absolute atomic E-state index is 0.0872. The standard InChI is InChI=1S/C25H20ClFN2O4/c1-2-32-22-14-17(13-21(26)23(22)33-15-16-6-4-3-5-7-16)12-20-24(30)28-29(25(20)31)19-10-8-18(27)9-11-19/h3-14H,2,15H2,1H3,(H,28,30)/b20-12-. The number of amides is 2. The molecule has 2 amide bonds. The monoisotopic (exact) mass is 466 g/mol. The van der Waals surface area contributed by atoms with Gasteiger partial charge in [-0.3, -0.25) is 15.0 Å². The van der Waals surface area contributed by atoms with Crippen molar-refractivity contribution in [3.8, 4) is 11.5 Å². The van der Waals surface area contributed by atoms with Gasteiger partial charge in [0.15, 0.2) is 11.5 Å². The second-order valence-corrected chi connectivity index (χ2v) is 7.56. The molecule has 1 aliphatic heterocycles. The molecule has 1 N–H and O–H groups in total. The van der Waals surface area contributed by atoms with E-state index in [4.69, 9.17) is 21.1 Å². The number of nitrogens with one attached hydrogen (secondary N) is 1. The Morgan fingerprint density at radius 2 is 1.76 bits per heavy atom. The normalized spacial score (nSPS) is 14.5. The Kier molecular flexibility index (Phi) is 6.60. The molecule has 168 valence electrons. The first-order valence-electron chi connectivity index (χ1n) is 10.2. The summed E-state index contributed by atoms with van der Waals surface area (Å²) >= 11 is 6.47. The van der Waals surface area contributed by atoms with Crippen LogP contribution < -0.4 is 19.9 Å². The third-order valence-corrected chi connectivity index (χ3v) is 5.13. The molecule has 1 aliphatic rings. The molecule has 3 aromatic rings. The summed E-state index contributed by atoms with van der Waals surface area (Å²) in [4.78, 5) is 25.3. The summed E-state index contributed by atoms with van der Waals surface area (Å²) in [5.41, 5.74) is 4.20. The number of anilines is 1. The third kappa shape index (κ3) is 4.99. The van der Waals surface area contributed by atoms with Crippen LogP contribution >= 0.6 is 11.6 Å². The molecule has 1 heterocycles. The first-order chi connectivity index (χ1) is 16.0. The van der Waals surface area contributed by atoms with E-state index in [-0.39, 0.29) is 10.6 Å². The summed E-state index contributed by atoms with van der Waals surface area (Å²) < 4.78 is 24.8. The topological polar surface area (TPSA) is 67.9 Å². The van der Waals surface area contributed by atoms with Crippen molar-refractivity contribution in [2.75, 3.05) is 11.6 Å². The lowest BCUT2D eigenvalue weighted by Gasteiger charge is -2.15. The van der Waals surface area contributed by atoms with Gasteiger partial charge in [-0.2, -0.15) is 0 Å². The van der Waals surface area contributed by atoms with Gasteiger partial charge in [-0.1, -0.05) is 41.9 Å². The highest BCUT2D eigenvalue weighted by molar-refractivity contribution is 6.33. The maximum absolute atomic E-state index is 13.2. The number of hydrogen-bond acceptors (Lipinski definition) is 4. The number of hydrazine groups is 1. The van der Waals surface area contributed by atoms with E-state index < -0.39 is 17.6 Å². The van der Waals surface area contributed by atoms with Crippen molar-refractivity contribution in [1.82, 2.24) is 5.43 Å². The fourth-order valence-corrected chi connectivity index (χ4v) is 3.57. The van der Waals surface area contributed by atoms with Gasteiger partial charge in [-0.25, -0.2) is 9.40 Å². The molecule has 4 rings (SSSR count). The Morgan fingerprint density at radius 3 is 2.45 bits per heavy atom. The van der Waals surface area contributed by atoms with E-state index in [0.717, 1.165) is 10.6 Å². The summed E-state index contributed by atoms with van der Waals surface area (Å²) in [5.74, 6) is -0.818. The fourth-order valence-electron chi connectivity index (χ4n) is 3.30. The zero-order valence-electron chi connectivity index (χ0n) is 17.7. The van der Waals surface area contributed by atoms with Crippen molar-refractivity contribution in [3.63, 3.8) is 0 Å². The summed E-state index contributed by atoms with van der Waals surface area (Å²) in [6.45, 7) is 2.50. The molecule has 0 saturated carbocycles. The van der Waals surface area contributed by atoms with Crippen LogP contribution in [0.15, 0.2) is 72.3 Å². The van der Waals surface area contributed by atoms with Crippen LogP contribution in [0.25, 0.3) is 6.08 Å². The molecule has 0 spiro atoms. The SMILES string of the molecule is CCOc1cc(/C=C2/C(=O)NN(c3ccc(F)cc3)C2=O)cc(Cl)c1OCc1ccccc1. The van der Waals surface area contributed by atoms with Crippen molar-refractivity contribution in [2.45, 2.75) is 13.5 Å². The van der Waals surface area contributed by atoms with Gasteiger partial charge >= 0.3 is 0 Å². The van der Waals surface area contributed by atoms with Crippen LogP contribution in [-0.2, 0) is 16.2 Å². The Morgan fingerprint density at radius 1 is 1.03 bits per heavy atom. The molecule has 1 saturated heterocycles. The van der Waals surface area contributed by atoms with Crippen molar-refractivity contribution in [3.05, 3.63) is 94.3 Å². The van der Waals surface area contributed by atoms with E-state index >= 15 is 0 Å². The first-order valence-corrected chi connectivity index (χ1v) is 10.6. The number of hydrogen-bond donors (Lipinski definition) is 1. The van der Waals surface area contributed by atoms with E-state index in [1.54, 1.807) is 12.1 Å². The second-order valence-electron chi connectivity index (χ2n) is 7.15. The average molecular weight is 467 g/mol. The van der Waals surface area contributed by atoms with Crippen LogP contribution in [0.5, 0.6) is 11.5 Å². The highest BCUT2D eigenvalue weighted by Crippen LogP contribution is 2.38. The number of rotatable bonds is 7. The van der Waals surface area contributed by atoms with Gasteiger partial charge in [0.1, 0.15) is 18.0 Å². The lowest BCUT2D eigenvalue weighted by atomic mass is 10.1. The Hall–Kier alpha value is -3.84. The van der Waals surface area contributed by atoms with E-state index in [1.807, 2.05) is 37.3 Å². The third-order valence-electron chi connectivity index (χ3n) is 4.84. The summed E-state index contributed by atoms with van der Waals surface area (Å²) in [7, 11) is 0. The first kappa shape index (κ1) is 22.4. The van der Waals surface area contributed by atoms with Gasteiger partial charge in [0.05, 0.1) is 17.3 Å². The van der Waals surface area contributed by atoms with Crippen molar-refractivity contribution in [1.29, 1.82) is 0 Å². The average Bonchev–Trinajstić information content (AvgIpc) is 3.08. The van der Waals surface area contributed by atoms with Gasteiger partial charge in [0.25, 0.3) is 11.8 Å². The van der Waals surface area contributed by atoms with Crippen LogP contribution in [0.4, 0.5) is 10.1 Å². The number of ether oxygens (including phenoxy) is 2. The largest absolute Gasteiger partial charge is 0.490 e. The maximum Gasteiger partial charge on any atom is 0.282 e. The lowest BCUT2D eigenvalue weighted by molar-refractivity contribution is -0.117. The van der Waals surface area contributed by atoms with Crippen LogP contribution in [0, 0.1) is 5.82 Å². The molecule has 0 bridgehead atoms. The van der Waals surface area contributed by atoms with Crippen molar-refractivity contribution >= 4 is 35.2 Å². The van der Waals surface area contributed by atoms with Gasteiger partial charge < -0.3 is 9.47 Å². The minimum atomic E-state index is -0.581. The number of halogens is 2. The fraction of sp³-hybridized carbons (Fsp3) is 0.120. The molecular weight excluding hydrogens is 447 g/mol. The Balaban J connectivity index is 1.61. The molecule has 6 nitrogen and oxygen atoms in total. The van der Waals surface area contributed by atoms with Gasteiger partial charge in [-0.15, -0.1) is 0 Å². The molecule has 8 heteroatoms. The second kappa shape index (κ2) is 9.75. The molecule has 0 atom stereocenters. The van der Waals surface area contributed by atoms with Gasteiger partial charge in [0, 0.05) is 0 Å². The maximum atomic E-state index is 13.2. The molecular formula is C25H20ClFN2O4. The number of benzene rings is 3. The quantitative estimate of drug-likeness (QED) is 0.396. The Bertz CT molecular complexity index is 1210. The van der Waals surface area contributed by atoms with E-state index in [0.29, 0.717) is 36.0 Å². The smallest absolute Gasteiger partial charge is 0.282 e. The predicted molar refractivity (Wildman–Crippen MR) is 123 cm³/mol. The van der Waals surface area contributed by atoms with Crippen LogP contribution in [-0.4, -0.2) is 18.4 Å². The molecule has 0 aliphatic carbocycles. The summed E-state index contributed by atoms with van der Waals surface area (Å²) in [6.07, 6.45) is 1.43. The van der Waals surface area contributed by atoms with Gasteiger partial charge in [0.2, 0.25) is 0 Å². The molecule has 0 aromatic heterocycles. The summed E-state index contributed by atoms with van der Waals surface area (Å²) in [5, 5.41) is 1.35. The van der Waals surface area contributed by atoms with Crippen LogP contribution in [0.1, 0.15) is 18.1 Å². The molecule has 3 aromatic carbocycles. The number of nitrogens with zero attached hydrogens (tertiary/aromatic N) is 1. The highest BCUT2D eigenvalue weighted by atomic mass is 35.5. The molecule has 1 fully saturated rings. The van der Waals surface area contributed by atoms with Crippen LogP contribution in [0.2, 0.25) is 5.02 Å². The van der Waals surface area contributed by atoms with Gasteiger partial charge in [-0.05, 0) is 60.5 Å². The molecule has 0 radical (unpaired) electrons. The van der Waals surface area contributed by atoms with E-state index in [2.05, 4.69) is 5.43 Å². The molecule has 0 unspecified atom stereocenters. The molecule has 33 heavy (non-hydrogen) atoms. The minimum Gasteiger partial charge on any atom is -0.490 e. The van der Waals surface area contributed by atoms with Crippen molar-refractivity contribution < 1.29 is 23.5 Å². The predicted octanol–water partition coefficient (Wildman–Crippen LogP) is 4.92. The zero-order chi connectivity index (χ0) is 23.4. The number of carbonyl (C=O) groups excluding carboxylic acids is 2. The zero-order valence-corrected chi connectivity index (χ0v) is 18.4. The highest BCUT2D eigenvalue weighted by Gasteiger charge is 2.34. The van der Waals surface area contributed by atoms with Crippen molar-refractivity contribution in [2.24, 2.45) is 0 Å². The Labute approximate surface area is 195 Å². The van der Waals surface area contributed by atoms with Crippen LogP contribution in [0.3, 0.4) is 0 Å². The lowest BCUT2D eigenvalue weighted by Crippen LogP contribution is -2.35. The van der Waals surface area contributed by atoms with E-state index in [9.17, 15) is 14.0 Å². The number of carbonyl (C=O) groups is 2.